The van der Waals surface area contributed by atoms with Crippen LogP contribution in [0.1, 0.15) is 26.2 Å². The zero-order valence-corrected chi connectivity index (χ0v) is 13.7. The van der Waals surface area contributed by atoms with Gasteiger partial charge in [-0.3, -0.25) is 9.59 Å². The van der Waals surface area contributed by atoms with E-state index in [2.05, 4.69) is 11.9 Å². The number of likely N-dealkylation sites (tertiary alicyclic amines) is 1. The van der Waals surface area contributed by atoms with E-state index in [9.17, 15) is 9.59 Å². The SMILES string of the molecule is C=C(CC)[C@@H]1[C@@H](C(=O)Nc2cccc(Cl)c2)CCC(=O)N1C. The average molecular weight is 321 g/mol. The predicted molar refractivity (Wildman–Crippen MR) is 88.8 cm³/mol. The molecule has 1 saturated heterocycles. The molecule has 2 rings (SSSR count). The van der Waals surface area contributed by atoms with Crippen molar-refractivity contribution in [3.05, 3.63) is 41.4 Å². The molecule has 0 spiro atoms. The van der Waals surface area contributed by atoms with Crippen LogP contribution in [0, 0.1) is 5.92 Å². The van der Waals surface area contributed by atoms with Crippen LogP contribution in [0.5, 0.6) is 0 Å². The number of carbonyl (C=O) groups is 2. The summed E-state index contributed by atoms with van der Waals surface area (Å²) >= 11 is 5.94. The summed E-state index contributed by atoms with van der Waals surface area (Å²) in [5, 5.41) is 3.47. The fraction of sp³-hybridized carbons (Fsp3) is 0.412. The fourth-order valence-electron chi connectivity index (χ4n) is 2.88. The molecule has 4 nitrogen and oxygen atoms in total. The van der Waals surface area contributed by atoms with E-state index in [1.54, 1.807) is 36.2 Å². The van der Waals surface area contributed by atoms with Crippen LogP contribution in [0.15, 0.2) is 36.4 Å². The minimum absolute atomic E-state index is 0.0615. The number of nitrogens with zero attached hydrogens (tertiary/aromatic N) is 1. The van der Waals surface area contributed by atoms with Gasteiger partial charge in [-0.1, -0.05) is 36.7 Å². The van der Waals surface area contributed by atoms with Gasteiger partial charge in [0.05, 0.1) is 12.0 Å². The lowest BCUT2D eigenvalue weighted by molar-refractivity contribution is -0.138. The monoisotopic (exact) mass is 320 g/mol. The molecule has 2 atom stereocenters. The van der Waals surface area contributed by atoms with Gasteiger partial charge in [0.2, 0.25) is 11.8 Å². The first kappa shape index (κ1) is 16.6. The van der Waals surface area contributed by atoms with E-state index in [4.69, 9.17) is 11.6 Å². The van der Waals surface area contributed by atoms with E-state index >= 15 is 0 Å². The molecule has 5 heteroatoms. The van der Waals surface area contributed by atoms with E-state index in [1.165, 1.54) is 0 Å². The van der Waals surface area contributed by atoms with E-state index in [0.717, 1.165) is 12.0 Å². The third-order valence-corrected chi connectivity index (χ3v) is 4.40. The molecule has 0 aliphatic carbocycles. The first-order valence-corrected chi connectivity index (χ1v) is 7.81. The molecule has 0 aromatic heterocycles. The van der Waals surface area contributed by atoms with Gasteiger partial charge in [-0.25, -0.2) is 0 Å². The number of halogens is 1. The Labute approximate surface area is 136 Å². The first-order valence-electron chi connectivity index (χ1n) is 7.43. The summed E-state index contributed by atoms with van der Waals surface area (Å²) in [5.41, 5.74) is 1.57. The van der Waals surface area contributed by atoms with Crippen molar-refractivity contribution in [3.8, 4) is 0 Å². The summed E-state index contributed by atoms with van der Waals surface area (Å²) in [4.78, 5) is 26.2. The molecule has 118 valence electrons. The number of carbonyl (C=O) groups excluding carboxylic acids is 2. The minimum Gasteiger partial charge on any atom is -0.338 e. The van der Waals surface area contributed by atoms with Crippen LogP contribution in [0.3, 0.4) is 0 Å². The number of benzene rings is 1. The molecule has 2 amide bonds. The molecule has 1 aliphatic heterocycles. The Hall–Kier alpha value is -1.81. The summed E-state index contributed by atoms with van der Waals surface area (Å²) in [6, 6.07) is 6.81. The zero-order chi connectivity index (χ0) is 16.3. The zero-order valence-electron chi connectivity index (χ0n) is 12.9. The summed E-state index contributed by atoms with van der Waals surface area (Å²) in [6.07, 6.45) is 1.67. The Balaban J connectivity index is 2.18. The lowest BCUT2D eigenvalue weighted by Gasteiger charge is -2.39. The average Bonchev–Trinajstić information content (AvgIpc) is 2.49. The minimum atomic E-state index is -0.283. The normalized spacial score (nSPS) is 21.6. The van der Waals surface area contributed by atoms with Gasteiger partial charge in [-0.05, 0) is 31.0 Å². The van der Waals surface area contributed by atoms with Crippen molar-refractivity contribution in [2.24, 2.45) is 5.92 Å². The number of amides is 2. The molecule has 1 aromatic carbocycles. The van der Waals surface area contributed by atoms with Crippen molar-refractivity contribution in [1.29, 1.82) is 0 Å². The molecule has 1 heterocycles. The maximum absolute atomic E-state index is 12.6. The van der Waals surface area contributed by atoms with Crippen LogP contribution in [-0.2, 0) is 9.59 Å². The Bertz CT molecular complexity index is 600. The van der Waals surface area contributed by atoms with Crippen LogP contribution in [-0.4, -0.2) is 29.8 Å². The third-order valence-electron chi connectivity index (χ3n) is 4.16. The molecule has 0 unspecified atom stereocenters. The van der Waals surface area contributed by atoms with Crippen LogP contribution >= 0.6 is 11.6 Å². The molecular formula is C17H21ClN2O2. The maximum Gasteiger partial charge on any atom is 0.229 e. The Morgan fingerprint density at radius 1 is 1.50 bits per heavy atom. The van der Waals surface area contributed by atoms with Crippen molar-refractivity contribution in [2.75, 3.05) is 12.4 Å². The van der Waals surface area contributed by atoms with E-state index in [-0.39, 0.29) is 23.8 Å². The number of rotatable bonds is 4. The number of hydrogen-bond donors (Lipinski definition) is 1. The number of likely N-dealkylation sites (N-methyl/N-ethyl adjacent to an activating group) is 1. The molecule has 1 aromatic rings. The molecule has 0 saturated carbocycles. The maximum atomic E-state index is 12.6. The van der Waals surface area contributed by atoms with Crippen molar-refractivity contribution in [3.63, 3.8) is 0 Å². The fourth-order valence-corrected chi connectivity index (χ4v) is 3.07. The molecule has 1 aliphatic rings. The smallest absolute Gasteiger partial charge is 0.229 e. The van der Waals surface area contributed by atoms with Crippen molar-refractivity contribution >= 4 is 29.1 Å². The lowest BCUT2D eigenvalue weighted by atomic mass is 9.83. The predicted octanol–water partition coefficient (Wildman–Crippen LogP) is 3.48. The number of hydrogen-bond acceptors (Lipinski definition) is 2. The van der Waals surface area contributed by atoms with Gasteiger partial charge < -0.3 is 10.2 Å². The van der Waals surface area contributed by atoms with Gasteiger partial charge in [0, 0.05) is 24.2 Å². The number of piperidine rings is 1. The van der Waals surface area contributed by atoms with Gasteiger partial charge in [0.1, 0.15) is 0 Å². The molecule has 0 radical (unpaired) electrons. The number of nitrogens with one attached hydrogen (secondary N) is 1. The van der Waals surface area contributed by atoms with Crippen molar-refractivity contribution in [2.45, 2.75) is 32.2 Å². The van der Waals surface area contributed by atoms with Gasteiger partial charge in [0.15, 0.2) is 0 Å². The molecule has 0 bridgehead atoms. The molecule has 1 fully saturated rings. The Morgan fingerprint density at radius 3 is 2.86 bits per heavy atom. The second-order valence-corrected chi connectivity index (χ2v) is 6.04. The van der Waals surface area contributed by atoms with E-state index in [0.29, 0.717) is 23.6 Å². The van der Waals surface area contributed by atoms with Crippen molar-refractivity contribution in [1.82, 2.24) is 4.90 Å². The summed E-state index contributed by atoms with van der Waals surface area (Å²) in [5.74, 6) is -0.318. The van der Waals surface area contributed by atoms with Gasteiger partial charge >= 0.3 is 0 Å². The van der Waals surface area contributed by atoms with Gasteiger partial charge in [-0.2, -0.15) is 0 Å². The van der Waals surface area contributed by atoms with Crippen LogP contribution < -0.4 is 5.32 Å². The Kier molecular flexibility index (Phi) is 5.24. The molecule has 22 heavy (non-hydrogen) atoms. The summed E-state index contributed by atoms with van der Waals surface area (Å²) < 4.78 is 0. The highest BCUT2D eigenvalue weighted by Gasteiger charge is 2.38. The standard InChI is InChI=1S/C17H21ClN2O2/c1-4-11(2)16-14(8-9-15(21)20(16)3)17(22)19-13-7-5-6-12(18)10-13/h5-7,10,14,16H,2,4,8-9H2,1,3H3,(H,19,22)/t14-,16+/m0/s1. The molecule has 1 N–H and O–H groups in total. The molecular weight excluding hydrogens is 300 g/mol. The van der Waals surface area contributed by atoms with E-state index < -0.39 is 0 Å². The Morgan fingerprint density at radius 2 is 2.23 bits per heavy atom. The van der Waals surface area contributed by atoms with E-state index in [1.807, 2.05) is 6.92 Å². The highest BCUT2D eigenvalue weighted by molar-refractivity contribution is 6.30. The topological polar surface area (TPSA) is 49.4 Å². The first-order chi connectivity index (χ1) is 10.4. The third kappa shape index (κ3) is 3.50. The highest BCUT2D eigenvalue weighted by Crippen LogP contribution is 2.30. The van der Waals surface area contributed by atoms with Gasteiger partial charge in [0.25, 0.3) is 0 Å². The quantitative estimate of drug-likeness (QED) is 0.863. The highest BCUT2D eigenvalue weighted by atomic mass is 35.5. The lowest BCUT2D eigenvalue weighted by Crippen LogP contribution is -2.50. The van der Waals surface area contributed by atoms with Crippen molar-refractivity contribution < 1.29 is 9.59 Å². The summed E-state index contributed by atoms with van der Waals surface area (Å²) in [6.45, 7) is 6.03. The largest absolute Gasteiger partial charge is 0.338 e. The second-order valence-electron chi connectivity index (χ2n) is 5.61. The summed E-state index contributed by atoms with van der Waals surface area (Å²) in [7, 11) is 1.74. The van der Waals surface area contributed by atoms with Crippen LogP contribution in [0.2, 0.25) is 5.02 Å². The van der Waals surface area contributed by atoms with Crippen LogP contribution in [0.25, 0.3) is 0 Å². The number of anilines is 1. The van der Waals surface area contributed by atoms with Crippen LogP contribution in [0.4, 0.5) is 5.69 Å². The van der Waals surface area contributed by atoms with Gasteiger partial charge in [-0.15, -0.1) is 0 Å². The second kappa shape index (κ2) is 6.97.